The lowest BCUT2D eigenvalue weighted by Gasteiger charge is -2.37. The first-order valence-corrected chi connectivity index (χ1v) is 14.1. The molecule has 6 rings (SSSR count). The molecule has 2 aliphatic heterocycles. The summed E-state index contributed by atoms with van der Waals surface area (Å²) in [7, 11) is 0. The van der Waals surface area contributed by atoms with Crippen LogP contribution in [0.5, 0.6) is 11.5 Å². The molecule has 12 nitrogen and oxygen atoms in total. The summed E-state index contributed by atoms with van der Waals surface area (Å²) >= 11 is 0. The lowest BCUT2D eigenvalue weighted by molar-refractivity contribution is 0.0564. The molecule has 45 heavy (non-hydrogen) atoms. The first-order valence-electron chi connectivity index (χ1n) is 14.1. The highest BCUT2D eigenvalue weighted by molar-refractivity contribution is 5.90. The molecular formula is C33H28N4O8. The number of fused-ring (bicyclic) bond motifs is 2. The highest BCUT2D eigenvalue weighted by Gasteiger charge is 2.43. The summed E-state index contributed by atoms with van der Waals surface area (Å²) in [6.07, 6.45) is -0.0630. The van der Waals surface area contributed by atoms with Gasteiger partial charge in [-0.15, -0.1) is 4.91 Å². The van der Waals surface area contributed by atoms with E-state index in [0.29, 0.717) is 66.2 Å². The average Bonchev–Trinajstić information content (AvgIpc) is 3.07. The molecule has 228 valence electrons. The number of carbonyl (C=O) groups is 3. The number of aliphatic hydroxyl groups is 1. The van der Waals surface area contributed by atoms with E-state index in [-0.39, 0.29) is 35.4 Å². The molecule has 0 saturated carbocycles. The van der Waals surface area contributed by atoms with E-state index in [9.17, 15) is 24.4 Å². The molecule has 4 aromatic carbocycles. The van der Waals surface area contributed by atoms with Gasteiger partial charge in [0.15, 0.2) is 0 Å². The number of ether oxygens (including phenoxy) is 3. The third-order valence-electron chi connectivity index (χ3n) is 7.65. The number of nitroso groups, excluding NO2 is 1. The Hall–Kier alpha value is -5.59. The van der Waals surface area contributed by atoms with Gasteiger partial charge < -0.3 is 29.5 Å². The Kier molecular flexibility index (Phi) is 8.23. The van der Waals surface area contributed by atoms with E-state index in [1.807, 2.05) is 0 Å². The van der Waals surface area contributed by atoms with E-state index in [1.165, 1.54) is 18.2 Å². The molecule has 12 heteroatoms. The molecule has 1 saturated heterocycles. The van der Waals surface area contributed by atoms with Gasteiger partial charge in [-0.05, 0) is 47.1 Å². The standard InChI is InChI=1S/C33H28N4O8/c38-19-22-3-1-2-4-26(22)33(41)27-11-9-24(34-31(39)37-13-15-43-16-14-37)17-29(27)45-30-18-25(10-12-28(30)33)35-32(40)44-20-21-5-7-23(36-42)8-6-21/h1-12,17-19,41H,13-16,20H2,(H,34,39)(H,35,40). The van der Waals surface area contributed by atoms with E-state index in [2.05, 4.69) is 15.8 Å². The minimum absolute atomic E-state index is 0.0407. The zero-order valence-corrected chi connectivity index (χ0v) is 23.9. The number of rotatable bonds is 7. The van der Waals surface area contributed by atoms with Gasteiger partial charge in [0, 0.05) is 58.9 Å². The van der Waals surface area contributed by atoms with Gasteiger partial charge in [-0.1, -0.05) is 36.4 Å². The van der Waals surface area contributed by atoms with Crippen molar-refractivity contribution in [3.8, 4) is 11.5 Å². The van der Waals surface area contributed by atoms with Crippen LogP contribution in [0.15, 0.2) is 90.1 Å². The Balaban J connectivity index is 1.30. The van der Waals surface area contributed by atoms with Gasteiger partial charge in [-0.2, -0.15) is 0 Å². The van der Waals surface area contributed by atoms with E-state index in [0.717, 1.165) is 0 Å². The van der Waals surface area contributed by atoms with E-state index >= 15 is 0 Å². The van der Waals surface area contributed by atoms with E-state index in [4.69, 9.17) is 14.2 Å². The maximum atomic E-state index is 12.8. The molecule has 3 N–H and O–H groups in total. The normalized spacial score (nSPS) is 16.8. The molecule has 2 aliphatic rings. The molecular weight excluding hydrogens is 580 g/mol. The van der Waals surface area contributed by atoms with Crippen molar-refractivity contribution in [2.75, 3.05) is 36.9 Å². The summed E-state index contributed by atoms with van der Waals surface area (Å²) in [5.41, 5.74) is 1.22. The monoisotopic (exact) mass is 608 g/mol. The molecule has 0 radical (unpaired) electrons. The van der Waals surface area contributed by atoms with E-state index < -0.39 is 11.7 Å². The number of nitrogens with zero attached hydrogens (tertiary/aromatic N) is 2. The van der Waals surface area contributed by atoms with Crippen LogP contribution in [0.4, 0.5) is 26.7 Å². The maximum Gasteiger partial charge on any atom is 0.411 e. The van der Waals surface area contributed by atoms with Gasteiger partial charge in [0.2, 0.25) is 0 Å². The Bertz CT molecular complexity index is 1770. The second-order valence-electron chi connectivity index (χ2n) is 10.4. The molecule has 1 atom stereocenters. The molecule has 1 unspecified atom stereocenters. The number of hydrogen-bond acceptors (Lipinski definition) is 9. The third kappa shape index (κ3) is 5.96. The Morgan fingerprint density at radius 2 is 1.53 bits per heavy atom. The summed E-state index contributed by atoms with van der Waals surface area (Å²) in [5.74, 6) is 0.468. The van der Waals surface area contributed by atoms with Crippen molar-refractivity contribution < 1.29 is 33.7 Å². The zero-order chi connectivity index (χ0) is 31.4. The van der Waals surface area contributed by atoms with Crippen LogP contribution in [0.1, 0.15) is 32.6 Å². The molecule has 0 bridgehead atoms. The smallest absolute Gasteiger partial charge is 0.411 e. The number of carbonyl (C=O) groups excluding carboxylic acids is 3. The lowest BCUT2D eigenvalue weighted by Crippen LogP contribution is -2.43. The van der Waals surface area contributed by atoms with Crippen molar-refractivity contribution in [3.05, 3.63) is 118 Å². The first-order chi connectivity index (χ1) is 21.9. The summed E-state index contributed by atoms with van der Waals surface area (Å²) in [4.78, 5) is 49.8. The fourth-order valence-electron chi connectivity index (χ4n) is 5.37. The Morgan fingerprint density at radius 1 is 0.889 bits per heavy atom. The number of hydrogen-bond donors (Lipinski definition) is 3. The second kappa shape index (κ2) is 12.6. The fourth-order valence-corrected chi connectivity index (χ4v) is 5.37. The number of urea groups is 1. The van der Waals surface area contributed by atoms with Crippen LogP contribution in [0.3, 0.4) is 0 Å². The number of nitrogens with one attached hydrogen (secondary N) is 2. The van der Waals surface area contributed by atoms with Crippen molar-refractivity contribution in [3.63, 3.8) is 0 Å². The van der Waals surface area contributed by atoms with Crippen LogP contribution < -0.4 is 15.4 Å². The van der Waals surface area contributed by atoms with Crippen molar-refractivity contribution in [2.45, 2.75) is 12.2 Å². The van der Waals surface area contributed by atoms with Crippen molar-refractivity contribution in [1.82, 2.24) is 4.90 Å². The minimum atomic E-state index is -1.81. The number of morpholine rings is 1. The van der Waals surface area contributed by atoms with Crippen LogP contribution >= 0.6 is 0 Å². The summed E-state index contributed by atoms with van der Waals surface area (Å²) < 4.78 is 16.9. The Morgan fingerprint density at radius 3 is 2.18 bits per heavy atom. The zero-order valence-electron chi connectivity index (χ0n) is 23.9. The third-order valence-corrected chi connectivity index (χ3v) is 7.65. The lowest BCUT2D eigenvalue weighted by atomic mass is 9.76. The second-order valence-corrected chi connectivity index (χ2v) is 10.4. The maximum absolute atomic E-state index is 12.8. The highest BCUT2D eigenvalue weighted by atomic mass is 16.5. The number of anilines is 2. The molecule has 2 heterocycles. The quantitative estimate of drug-likeness (QED) is 0.173. The average molecular weight is 609 g/mol. The van der Waals surface area contributed by atoms with Crippen molar-refractivity contribution in [1.29, 1.82) is 0 Å². The van der Waals surface area contributed by atoms with Gasteiger partial charge in [-0.3, -0.25) is 10.1 Å². The molecule has 0 spiro atoms. The van der Waals surface area contributed by atoms with Crippen LogP contribution in [-0.4, -0.2) is 54.7 Å². The van der Waals surface area contributed by atoms with Crippen LogP contribution in [0, 0.1) is 4.91 Å². The SMILES string of the molecule is O=Cc1ccccc1C1(O)c2ccc(NC(=O)OCc3ccc(N=O)cc3)cc2Oc2cc(NC(=O)N3CCOCC3)ccc21. The van der Waals surface area contributed by atoms with Crippen LogP contribution in [0.25, 0.3) is 0 Å². The minimum Gasteiger partial charge on any atom is -0.456 e. The molecule has 0 aliphatic carbocycles. The predicted molar refractivity (Wildman–Crippen MR) is 164 cm³/mol. The van der Waals surface area contributed by atoms with Crippen LogP contribution in [-0.2, 0) is 21.7 Å². The van der Waals surface area contributed by atoms with Crippen molar-refractivity contribution >= 4 is 35.5 Å². The van der Waals surface area contributed by atoms with Gasteiger partial charge in [-0.25, -0.2) is 9.59 Å². The van der Waals surface area contributed by atoms with Crippen molar-refractivity contribution in [2.24, 2.45) is 5.18 Å². The predicted octanol–water partition coefficient (Wildman–Crippen LogP) is 5.90. The van der Waals surface area contributed by atoms with E-state index in [1.54, 1.807) is 71.6 Å². The highest BCUT2D eigenvalue weighted by Crippen LogP contribution is 2.52. The number of aldehydes is 1. The summed E-state index contributed by atoms with van der Waals surface area (Å²) in [6, 6.07) is 22.4. The largest absolute Gasteiger partial charge is 0.456 e. The Labute approximate surface area is 257 Å². The fraction of sp³-hybridized carbons (Fsp3) is 0.182. The number of benzene rings is 4. The van der Waals surface area contributed by atoms with Gasteiger partial charge in [0.25, 0.3) is 0 Å². The number of amides is 3. The molecule has 3 amide bonds. The van der Waals surface area contributed by atoms with Crippen LogP contribution in [0.2, 0.25) is 0 Å². The van der Waals surface area contributed by atoms with Gasteiger partial charge in [0.05, 0.1) is 13.2 Å². The van der Waals surface area contributed by atoms with Gasteiger partial charge in [0.1, 0.15) is 35.7 Å². The van der Waals surface area contributed by atoms with Gasteiger partial charge >= 0.3 is 12.1 Å². The molecule has 0 aromatic heterocycles. The molecule has 4 aromatic rings. The summed E-state index contributed by atoms with van der Waals surface area (Å²) in [5, 5.41) is 20.8. The first kappa shape index (κ1) is 29.5. The molecule has 1 fully saturated rings. The summed E-state index contributed by atoms with van der Waals surface area (Å²) in [6.45, 7) is 1.80. The topological polar surface area (TPSA) is 156 Å².